The summed E-state index contributed by atoms with van der Waals surface area (Å²) in [6.07, 6.45) is 2.63. The number of benzene rings is 3. The van der Waals surface area contributed by atoms with Gasteiger partial charge in [-0.1, -0.05) is 48.5 Å². The van der Waals surface area contributed by atoms with E-state index in [9.17, 15) is 19.5 Å². The SMILES string of the molecule is COc1cc(/C=C/C(=O)OCC(=O)Nc2ccccc2C(=O)NC(C)c2ccccc2)ccc1O. The molecule has 1 atom stereocenters. The van der Waals surface area contributed by atoms with Gasteiger partial charge in [-0.05, 0) is 48.4 Å². The molecule has 3 aromatic rings. The highest BCUT2D eigenvalue weighted by molar-refractivity contribution is 6.04. The number of carbonyl (C=O) groups is 3. The largest absolute Gasteiger partial charge is 0.504 e. The third-order valence-corrected chi connectivity index (χ3v) is 5.05. The molecule has 0 heterocycles. The van der Waals surface area contributed by atoms with Crippen molar-refractivity contribution in [2.75, 3.05) is 19.0 Å². The van der Waals surface area contributed by atoms with Gasteiger partial charge >= 0.3 is 5.97 Å². The van der Waals surface area contributed by atoms with E-state index in [0.29, 0.717) is 11.3 Å². The van der Waals surface area contributed by atoms with E-state index in [0.717, 1.165) is 11.6 Å². The Hall–Kier alpha value is -4.59. The molecule has 0 saturated carbocycles. The van der Waals surface area contributed by atoms with Gasteiger partial charge in [0.1, 0.15) is 0 Å². The van der Waals surface area contributed by atoms with Crippen LogP contribution in [0.3, 0.4) is 0 Å². The van der Waals surface area contributed by atoms with Crippen LogP contribution in [0.5, 0.6) is 11.5 Å². The van der Waals surface area contributed by atoms with Crippen molar-refractivity contribution in [2.45, 2.75) is 13.0 Å². The minimum Gasteiger partial charge on any atom is -0.504 e. The van der Waals surface area contributed by atoms with Crippen LogP contribution >= 0.6 is 0 Å². The Morgan fingerprint density at radius 2 is 1.71 bits per heavy atom. The van der Waals surface area contributed by atoms with E-state index < -0.39 is 18.5 Å². The molecule has 3 aromatic carbocycles. The molecule has 0 saturated heterocycles. The van der Waals surface area contributed by atoms with Gasteiger partial charge in [-0.15, -0.1) is 0 Å². The number of esters is 1. The van der Waals surface area contributed by atoms with Crippen LogP contribution in [0.15, 0.2) is 78.9 Å². The van der Waals surface area contributed by atoms with Crippen LogP contribution in [0.2, 0.25) is 0 Å². The maximum absolute atomic E-state index is 12.8. The number of phenolic OH excluding ortho intramolecular Hbond substituents is 1. The number of hydrogen-bond acceptors (Lipinski definition) is 6. The van der Waals surface area contributed by atoms with Crippen molar-refractivity contribution in [3.8, 4) is 11.5 Å². The Balaban J connectivity index is 1.55. The molecule has 0 radical (unpaired) electrons. The van der Waals surface area contributed by atoms with Crippen LogP contribution in [0.1, 0.15) is 34.5 Å². The summed E-state index contributed by atoms with van der Waals surface area (Å²) in [5.74, 6) is -1.42. The van der Waals surface area contributed by atoms with Crippen LogP contribution in [0.4, 0.5) is 5.69 Å². The highest BCUT2D eigenvalue weighted by atomic mass is 16.5. The number of nitrogens with one attached hydrogen (secondary N) is 2. The highest BCUT2D eigenvalue weighted by Crippen LogP contribution is 2.26. The number of aromatic hydroxyl groups is 1. The molecule has 8 nitrogen and oxygen atoms in total. The average Bonchev–Trinajstić information content (AvgIpc) is 2.87. The number of anilines is 1. The molecular weight excluding hydrogens is 448 g/mol. The maximum Gasteiger partial charge on any atom is 0.331 e. The van der Waals surface area contributed by atoms with Crippen LogP contribution in [0.25, 0.3) is 6.08 Å². The molecule has 3 N–H and O–H groups in total. The molecule has 0 aliphatic carbocycles. The Morgan fingerprint density at radius 1 is 1.00 bits per heavy atom. The van der Waals surface area contributed by atoms with E-state index in [4.69, 9.17) is 9.47 Å². The van der Waals surface area contributed by atoms with Crippen molar-refractivity contribution in [1.29, 1.82) is 0 Å². The van der Waals surface area contributed by atoms with Crippen LogP contribution in [-0.4, -0.2) is 36.6 Å². The van der Waals surface area contributed by atoms with Crippen LogP contribution in [0, 0.1) is 0 Å². The van der Waals surface area contributed by atoms with Crippen molar-refractivity contribution < 1.29 is 29.0 Å². The first-order valence-corrected chi connectivity index (χ1v) is 10.8. The number of ether oxygens (including phenoxy) is 2. The number of phenols is 1. The van der Waals surface area contributed by atoms with Gasteiger partial charge in [0.15, 0.2) is 18.1 Å². The predicted molar refractivity (Wildman–Crippen MR) is 132 cm³/mol. The number of para-hydroxylation sites is 1. The van der Waals surface area contributed by atoms with Crippen molar-refractivity contribution in [3.05, 3.63) is 95.6 Å². The quantitative estimate of drug-likeness (QED) is 0.318. The molecule has 0 aliphatic heterocycles. The fourth-order valence-electron chi connectivity index (χ4n) is 3.22. The van der Waals surface area contributed by atoms with Gasteiger partial charge in [0.05, 0.1) is 24.4 Å². The van der Waals surface area contributed by atoms with E-state index in [1.165, 1.54) is 19.3 Å². The molecule has 3 rings (SSSR count). The van der Waals surface area contributed by atoms with Gasteiger partial charge in [-0.2, -0.15) is 0 Å². The second kappa shape index (κ2) is 12.0. The van der Waals surface area contributed by atoms with Gasteiger partial charge in [-0.3, -0.25) is 9.59 Å². The smallest absolute Gasteiger partial charge is 0.331 e. The lowest BCUT2D eigenvalue weighted by Gasteiger charge is -2.16. The van der Waals surface area contributed by atoms with Gasteiger partial charge in [-0.25, -0.2) is 4.79 Å². The molecule has 0 aromatic heterocycles. The van der Waals surface area contributed by atoms with E-state index in [1.54, 1.807) is 36.4 Å². The van der Waals surface area contributed by atoms with E-state index in [2.05, 4.69) is 10.6 Å². The predicted octanol–water partition coefficient (Wildman–Crippen LogP) is 4.09. The molecule has 180 valence electrons. The van der Waals surface area contributed by atoms with Gasteiger partial charge in [0, 0.05) is 6.08 Å². The molecule has 35 heavy (non-hydrogen) atoms. The summed E-state index contributed by atoms with van der Waals surface area (Å²) in [5, 5.41) is 15.1. The fourth-order valence-corrected chi connectivity index (χ4v) is 3.22. The Kier molecular flexibility index (Phi) is 8.61. The van der Waals surface area contributed by atoms with Crippen molar-refractivity contribution >= 4 is 29.5 Å². The Labute approximate surface area is 203 Å². The zero-order chi connectivity index (χ0) is 25.2. The van der Waals surface area contributed by atoms with Crippen molar-refractivity contribution in [3.63, 3.8) is 0 Å². The monoisotopic (exact) mass is 474 g/mol. The zero-order valence-corrected chi connectivity index (χ0v) is 19.4. The second-order valence-electron chi connectivity index (χ2n) is 7.57. The number of carbonyl (C=O) groups excluding carboxylic acids is 3. The third-order valence-electron chi connectivity index (χ3n) is 5.05. The summed E-state index contributed by atoms with van der Waals surface area (Å²) in [6.45, 7) is 1.34. The third kappa shape index (κ3) is 7.20. The fraction of sp³-hybridized carbons (Fsp3) is 0.148. The number of amides is 2. The molecule has 8 heteroatoms. The lowest BCUT2D eigenvalue weighted by Crippen LogP contribution is -2.28. The van der Waals surface area contributed by atoms with Crippen LogP contribution in [-0.2, 0) is 14.3 Å². The van der Waals surface area contributed by atoms with Gasteiger partial charge < -0.3 is 25.2 Å². The van der Waals surface area contributed by atoms with Crippen molar-refractivity contribution in [2.24, 2.45) is 0 Å². The molecular formula is C27H26N2O6. The number of methoxy groups -OCH3 is 1. The topological polar surface area (TPSA) is 114 Å². The minimum atomic E-state index is -0.727. The summed E-state index contributed by atoms with van der Waals surface area (Å²) in [6, 6.07) is 20.4. The number of hydrogen-bond donors (Lipinski definition) is 3. The molecule has 0 fully saturated rings. The van der Waals surface area contributed by atoms with E-state index in [-0.39, 0.29) is 29.0 Å². The summed E-state index contributed by atoms with van der Waals surface area (Å²) in [7, 11) is 1.42. The normalized spacial score (nSPS) is 11.5. The molecule has 0 aliphatic rings. The molecule has 0 bridgehead atoms. The van der Waals surface area contributed by atoms with Crippen LogP contribution < -0.4 is 15.4 Å². The summed E-state index contributed by atoms with van der Waals surface area (Å²) >= 11 is 0. The lowest BCUT2D eigenvalue weighted by molar-refractivity contribution is -0.142. The number of rotatable bonds is 9. The first-order chi connectivity index (χ1) is 16.9. The van der Waals surface area contributed by atoms with Crippen molar-refractivity contribution in [1.82, 2.24) is 5.32 Å². The maximum atomic E-state index is 12.8. The standard InChI is InChI=1S/C27H26N2O6/c1-18(20-8-4-3-5-9-20)28-27(33)21-10-6-7-11-22(21)29-25(31)17-35-26(32)15-13-19-12-14-23(30)24(16-19)34-2/h3-16,18,30H,17H2,1-2H3,(H,28,33)(H,29,31)/b15-13+. The summed E-state index contributed by atoms with van der Waals surface area (Å²) in [5.41, 5.74) is 2.15. The Morgan fingerprint density at radius 3 is 2.46 bits per heavy atom. The molecule has 2 amide bonds. The lowest BCUT2D eigenvalue weighted by atomic mass is 10.1. The summed E-state index contributed by atoms with van der Waals surface area (Å²) < 4.78 is 10.00. The first kappa shape index (κ1) is 25.0. The molecule has 0 spiro atoms. The highest BCUT2D eigenvalue weighted by Gasteiger charge is 2.16. The van der Waals surface area contributed by atoms with Gasteiger partial charge in [0.2, 0.25) is 0 Å². The minimum absolute atomic E-state index is 0.0209. The summed E-state index contributed by atoms with van der Waals surface area (Å²) in [4.78, 5) is 37.1. The zero-order valence-electron chi connectivity index (χ0n) is 19.4. The molecule has 1 unspecified atom stereocenters. The first-order valence-electron chi connectivity index (χ1n) is 10.8. The van der Waals surface area contributed by atoms with E-state index in [1.807, 2.05) is 37.3 Å². The Bertz CT molecular complexity index is 1220. The second-order valence-corrected chi connectivity index (χ2v) is 7.57. The van der Waals surface area contributed by atoms with Gasteiger partial charge in [0.25, 0.3) is 11.8 Å². The average molecular weight is 475 g/mol. The van der Waals surface area contributed by atoms with E-state index >= 15 is 0 Å².